The zero-order valence-corrected chi connectivity index (χ0v) is 12.3. The Morgan fingerprint density at radius 2 is 2.00 bits per heavy atom. The van der Waals surface area contributed by atoms with Crippen molar-refractivity contribution in [3.8, 4) is 0 Å². The first-order valence-electron chi connectivity index (χ1n) is 7.32. The van der Waals surface area contributed by atoms with Gasteiger partial charge in [-0.1, -0.05) is 12.8 Å². The van der Waals surface area contributed by atoms with Crippen LogP contribution in [-0.2, 0) is 14.3 Å². The SMILES string of the molecule is COC(=O)C1CCN(C(=O)NC2(CC(=O)O)CCCC2)C1. The monoisotopic (exact) mass is 298 g/mol. The average Bonchev–Trinajstić information content (AvgIpc) is 3.06. The normalized spacial score (nSPS) is 23.9. The van der Waals surface area contributed by atoms with E-state index in [1.165, 1.54) is 7.11 Å². The predicted molar refractivity (Wildman–Crippen MR) is 73.7 cm³/mol. The Morgan fingerprint density at radius 3 is 2.57 bits per heavy atom. The van der Waals surface area contributed by atoms with Crippen molar-refractivity contribution in [2.24, 2.45) is 5.92 Å². The first-order valence-corrected chi connectivity index (χ1v) is 7.32. The molecule has 2 amide bonds. The van der Waals surface area contributed by atoms with Crippen molar-refractivity contribution in [1.82, 2.24) is 10.2 Å². The van der Waals surface area contributed by atoms with E-state index in [-0.39, 0.29) is 24.3 Å². The third-order valence-corrected chi connectivity index (χ3v) is 4.43. The Balaban J connectivity index is 1.94. The summed E-state index contributed by atoms with van der Waals surface area (Å²) in [6, 6.07) is -0.274. The van der Waals surface area contributed by atoms with Gasteiger partial charge in [0.05, 0.1) is 25.0 Å². The quantitative estimate of drug-likeness (QED) is 0.754. The maximum atomic E-state index is 12.3. The molecule has 1 unspecified atom stereocenters. The van der Waals surface area contributed by atoms with Gasteiger partial charge in [0, 0.05) is 13.1 Å². The third-order valence-electron chi connectivity index (χ3n) is 4.43. The molecule has 2 rings (SSSR count). The molecule has 0 aromatic heterocycles. The summed E-state index contributed by atoms with van der Waals surface area (Å²) in [4.78, 5) is 36.4. The van der Waals surface area contributed by atoms with Crippen molar-refractivity contribution in [2.75, 3.05) is 20.2 Å². The maximum Gasteiger partial charge on any atom is 0.317 e. The van der Waals surface area contributed by atoms with Crippen LogP contribution in [0.3, 0.4) is 0 Å². The van der Waals surface area contributed by atoms with E-state index in [4.69, 9.17) is 9.84 Å². The highest BCUT2D eigenvalue weighted by Gasteiger charge is 2.40. The molecule has 118 valence electrons. The molecular weight excluding hydrogens is 276 g/mol. The number of ether oxygens (including phenoxy) is 1. The Hall–Kier alpha value is -1.79. The fourth-order valence-corrected chi connectivity index (χ4v) is 3.30. The van der Waals surface area contributed by atoms with E-state index >= 15 is 0 Å². The molecule has 2 N–H and O–H groups in total. The van der Waals surface area contributed by atoms with Crippen LogP contribution < -0.4 is 5.32 Å². The van der Waals surface area contributed by atoms with Crippen LogP contribution >= 0.6 is 0 Å². The second kappa shape index (κ2) is 6.32. The van der Waals surface area contributed by atoms with Gasteiger partial charge in [0.2, 0.25) is 0 Å². The zero-order valence-electron chi connectivity index (χ0n) is 12.3. The summed E-state index contributed by atoms with van der Waals surface area (Å²) in [6.45, 7) is 0.830. The minimum Gasteiger partial charge on any atom is -0.481 e. The first-order chi connectivity index (χ1) is 9.96. The number of aliphatic carboxylic acids is 1. The third kappa shape index (κ3) is 3.65. The van der Waals surface area contributed by atoms with Crippen LogP contribution in [0.1, 0.15) is 38.5 Å². The van der Waals surface area contributed by atoms with E-state index in [2.05, 4.69) is 5.32 Å². The lowest BCUT2D eigenvalue weighted by Crippen LogP contribution is -2.52. The molecule has 1 heterocycles. The van der Waals surface area contributed by atoms with Crippen molar-refractivity contribution in [3.63, 3.8) is 0 Å². The average molecular weight is 298 g/mol. The van der Waals surface area contributed by atoms with Crippen LogP contribution in [0.25, 0.3) is 0 Å². The lowest BCUT2D eigenvalue weighted by Gasteiger charge is -2.31. The molecule has 0 bridgehead atoms. The van der Waals surface area contributed by atoms with Crippen molar-refractivity contribution in [1.29, 1.82) is 0 Å². The van der Waals surface area contributed by atoms with E-state index in [1.54, 1.807) is 4.90 Å². The highest BCUT2D eigenvalue weighted by molar-refractivity contribution is 5.79. The maximum absolute atomic E-state index is 12.3. The molecule has 7 heteroatoms. The summed E-state index contributed by atoms with van der Waals surface area (Å²) in [5.41, 5.74) is -0.633. The van der Waals surface area contributed by atoms with Gasteiger partial charge in [-0.2, -0.15) is 0 Å². The number of esters is 1. The van der Waals surface area contributed by atoms with Gasteiger partial charge >= 0.3 is 18.0 Å². The minimum atomic E-state index is -0.897. The van der Waals surface area contributed by atoms with Crippen LogP contribution in [-0.4, -0.2) is 53.7 Å². The highest BCUT2D eigenvalue weighted by Crippen LogP contribution is 2.33. The molecule has 0 spiro atoms. The van der Waals surface area contributed by atoms with Crippen molar-refractivity contribution in [3.05, 3.63) is 0 Å². The van der Waals surface area contributed by atoms with Crippen LogP contribution in [0.5, 0.6) is 0 Å². The number of methoxy groups -OCH3 is 1. The number of carboxylic acids is 1. The van der Waals surface area contributed by atoms with E-state index in [0.29, 0.717) is 32.4 Å². The Bertz CT molecular complexity index is 431. The highest BCUT2D eigenvalue weighted by atomic mass is 16.5. The van der Waals surface area contributed by atoms with Crippen molar-refractivity contribution >= 4 is 18.0 Å². The number of rotatable bonds is 4. The Morgan fingerprint density at radius 1 is 1.33 bits per heavy atom. The second-order valence-electron chi connectivity index (χ2n) is 5.94. The van der Waals surface area contributed by atoms with Crippen molar-refractivity contribution < 1.29 is 24.2 Å². The molecule has 7 nitrogen and oxygen atoms in total. The number of nitrogens with one attached hydrogen (secondary N) is 1. The summed E-state index contributed by atoms with van der Waals surface area (Å²) in [7, 11) is 1.34. The van der Waals surface area contributed by atoms with Gasteiger partial charge in [-0.15, -0.1) is 0 Å². The number of carbonyl (C=O) groups excluding carboxylic acids is 2. The molecule has 0 aromatic carbocycles. The minimum absolute atomic E-state index is 0.0486. The summed E-state index contributed by atoms with van der Waals surface area (Å²) in [6.07, 6.45) is 3.79. The van der Waals surface area contributed by atoms with Crippen LogP contribution in [0.15, 0.2) is 0 Å². The van der Waals surface area contributed by atoms with E-state index in [1.807, 2.05) is 0 Å². The lowest BCUT2D eigenvalue weighted by molar-refractivity contribution is -0.144. The number of urea groups is 1. The molecular formula is C14H22N2O5. The predicted octanol–water partition coefficient (Wildman–Crippen LogP) is 0.978. The fourth-order valence-electron chi connectivity index (χ4n) is 3.30. The number of carboxylic acid groups (broad SMARTS) is 1. The summed E-state index contributed by atoms with van der Waals surface area (Å²) < 4.78 is 4.69. The van der Waals surface area contributed by atoms with E-state index < -0.39 is 11.5 Å². The number of hydrogen-bond donors (Lipinski definition) is 2. The topological polar surface area (TPSA) is 95.9 Å². The van der Waals surface area contributed by atoms with Gasteiger partial charge in [0.25, 0.3) is 0 Å². The molecule has 1 atom stereocenters. The van der Waals surface area contributed by atoms with Gasteiger partial charge in [-0.25, -0.2) is 4.79 Å². The Labute approximate surface area is 123 Å². The fraction of sp³-hybridized carbons (Fsp3) is 0.786. The summed E-state index contributed by atoms with van der Waals surface area (Å²) in [5, 5.41) is 11.9. The van der Waals surface area contributed by atoms with Gasteiger partial charge in [0.1, 0.15) is 0 Å². The standard InChI is InChI=1S/C14H22N2O5/c1-21-12(19)10-4-7-16(9-10)13(20)15-14(8-11(17)18)5-2-3-6-14/h10H,2-9H2,1H3,(H,15,20)(H,17,18). The van der Waals surface area contributed by atoms with Gasteiger partial charge in [0.15, 0.2) is 0 Å². The Kier molecular flexibility index (Phi) is 4.69. The number of likely N-dealkylation sites (tertiary alicyclic amines) is 1. The van der Waals surface area contributed by atoms with E-state index in [9.17, 15) is 14.4 Å². The summed E-state index contributed by atoms with van der Waals surface area (Å²) >= 11 is 0. The molecule has 1 saturated heterocycles. The number of hydrogen-bond acceptors (Lipinski definition) is 4. The molecule has 1 aliphatic heterocycles. The van der Waals surface area contributed by atoms with Crippen LogP contribution in [0, 0.1) is 5.92 Å². The molecule has 2 fully saturated rings. The molecule has 0 radical (unpaired) electrons. The first kappa shape index (κ1) is 15.6. The molecule has 1 saturated carbocycles. The lowest BCUT2D eigenvalue weighted by atomic mass is 9.93. The summed E-state index contributed by atoms with van der Waals surface area (Å²) in [5.74, 6) is -1.47. The van der Waals surface area contributed by atoms with Crippen molar-refractivity contribution in [2.45, 2.75) is 44.1 Å². The smallest absolute Gasteiger partial charge is 0.317 e. The molecule has 2 aliphatic rings. The van der Waals surface area contributed by atoms with Crippen LogP contribution in [0.2, 0.25) is 0 Å². The number of amides is 2. The second-order valence-corrected chi connectivity index (χ2v) is 5.94. The van der Waals surface area contributed by atoms with Gasteiger partial charge < -0.3 is 20.1 Å². The molecule has 0 aromatic rings. The zero-order chi connectivity index (χ0) is 15.5. The molecule has 21 heavy (non-hydrogen) atoms. The number of nitrogens with zero attached hydrogens (tertiary/aromatic N) is 1. The van der Waals surface area contributed by atoms with Crippen LogP contribution in [0.4, 0.5) is 4.79 Å². The largest absolute Gasteiger partial charge is 0.481 e. The number of carbonyl (C=O) groups is 3. The van der Waals surface area contributed by atoms with E-state index in [0.717, 1.165) is 12.8 Å². The molecule has 1 aliphatic carbocycles. The van der Waals surface area contributed by atoms with Gasteiger partial charge in [-0.3, -0.25) is 9.59 Å². The van der Waals surface area contributed by atoms with Gasteiger partial charge in [-0.05, 0) is 19.3 Å².